The Morgan fingerprint density at radius 1 is 1.24 bits per heavy atom. The van der Waals surface area contributed by atoms with Crippen molar-refractivity contribution in [2.24, 2.45) is 4.99 Å². The number of aromatic nitrogens is 1. The molecule has 1 unspecified atom stereocenters. The van der Waals surface area contributed by atoms with Crippen LogP contribution in [0.1, 0.15) is 19.3 Å². The van der Waals surface area contributed by atoms with Gasteiger partial charge in [0.15, 0.2) is 5.96 Å². The van der Waals surface area contributed by atoms with Crippen molar-refractivity contribution in [3.8, 4) is 5.75 Å². The van der Waals surface area contributed by atoms with Gasteiger partial charge in [-0.05, 0) is 43.5 Å². The third-order valence-corrected chi connectivity index (χ3v) is 4.96. The number of hydrogen-bond donors (Lipinski definition) is 2. The number of benzene rings is 1. The summed E-state index contributed by atoms with van der Waals surface area (Å²) in [4.78, 5) is 11.0. The molecule has 1 aromatic heterocycles. The minimum Gasteiger partial charge on any atom is -0.494 e. The summed E-state index contributed by atoms with van der Waals surface area (Å²) in [5.74, 6) is 2.62. The highest BCUT2D eigenvalue weighted by Gasteiger charge is 2.25. The van der Waals surface area contributed by atoms with Crippen LogP contribution in [-0.4, -0.2) is 50.3 Å². The summed E-state index contributed by atoms with van der Waals surface area (Å²) in [6.45, 7) is 3.38. The maximum atomic E-state index is 6.26. The first-order chi connectivity index (χ1) is 13.8. The fourth-order valence-electron chi connectivity index (χ4n) is 3.21. The van der Waals surface area contributed by atoms with E-state index in [9.17, 15) is 0 Å². The summed E-state index contributed by atoms with van der Waals surface area (Å²) in [6, 6.07) is 14.0. The monoisotopic (exact) mass is 529 g/mol. The summed E-state index contributed by atoms with van der Waals surface area (Å²) in [7, 11) is 1.80. The van der Waals surface area contributed by atoms with Crippen LogP contribution in [0, 0.1) is 0 Å². The van der Waals surface area contributed by atoms with Gasteiger partial charge in [-0.3, -0.25) is 4.99 Å². The van der Waals surface area contributed by atoms with Crippen molar-refractivity contribution in [2.75, 3.05) is 38.2 Å². The largest absolute Gasteiger partial charge is 0.494 e. The summed E-state index contributed by atoms with van der Waals surface area (Å²) in [5.41, 5.74) is 0. The van der Waals surface area contributed by atoms with Gasteiger partial charge in [0.25, 0.3) is 0 Å². The second-order valence-electron chi connectivity index (χ2n) is 6.75. The number of halogens is 2. The molecule has 158 valence electrons. The SMILES string of the molecule is CN=C(NCCCCOc1ccccc1)NC1CCN(c2ncccc2Cl)C1.I. The number of nitrogens with one attached hydrogen (secondary N) is 2. The molecule has 0 spiro atoms. The number of pyridine rings is 1. The van der Waals surface area contributed by atoms with E-state index in [2.05, 4.69) is 25.5 Å². The van der Waals surface area contributed by atoms with Crippen LogP contribution in [0.4, 0.5) is 5.82 Å². The molecule has 1 aromatic carbocycles. The van der Waals surface area contributed by atoms with Crippen molar-refractivity contribution >= 4 is 47.4 Å². The number of nitrogens with zero attached hydrogens (tertiary/aromatic N) is 3. The van der Waals surface area contributed by atoms with Gasteiger partial charge in [-0.2, -0.15) is 0 Å². The number of para-hydroxylation sites is 1. The molecule has 1 aliphatic rings. The third-order valence-electron chi connectivity index (χ3n) is 4.67. The molecule has 8 heteroatoms. The fourth-order valence-corrected chi connectivity index (χ4v) is 3.45. The summed E-state index contributed by atoms with van der Waals surface area (Å²) >= 11 is 6.26. The molecule has 0 amide bonds. The van der Waals surface area contributed by atoms with Gasteiger partial charge >= 0.3 is 0 Å². The van der Waals surface area contributed by atoms with Gasteiger partial charge in [0.05, 0.1) is 11.6 Å². The molecule has 0 saturated carbocycles. The molecule has 1 aliphatic heterocycles. The Kier molecular flexibility index (Phi) is 10.3. The Bertz CT molecular complexity index is 762. The Labute approximate surface area is 195 Å². The Morgan fingerprint density at radius 2 is 2.07 bits per heavy atom. The molecule has 2 heterocycles. The van der Waals surface area contributed by atoms with E-state index in [1.54, 1.807) is 13.2 Å². The Hall–Kier alpha value is -1.74. The van der Waals surface area contributed by atoms with Gasteiger partial charge in [-0.25, -0.2) is 4.98 Å². The number of unbranched alkanes of at least 4 members (excludes halogenated alkanes) is 1. The van der Waals surface area contributed by atoms with Gasteiger partial charge in [0.2, 0.25) is 0 Å². The van der Waals surface area contributed by atoms with E-state index in [4.69, 9.17) is 16.3 Å². The first-order valence-corrected chi connectivity index (χ1v) is 10.1. The maximum absolute atomic E-state index is 6.26. The smallest absolute Gasteiger partial charge is 0.191 e. The van der Waals surface area contributed by atoms with Crippen LogP contribution < -0.4 is 20.3 Å². The lowest BCUT2D eigenvalue weighted by atomic mass is 10.3. The summed E-state index contributed by atoms with van der Waals surface area (Å²) < 4.78 is 5.71. The number of aliphatic imine (C=N–C) groups is 1. The molecule has 1 saturated heterocycles. The van der Waals surface area contributed by atoms with Crippen LogP contribution in [0.5, 0.6) is 5.75 Å². The first kappa shape index (κ1) is 23.5. The molecule has 3 rings (SSSR count). The van der Waals surface area contributed by atoms with E-state index < -0.39 is 0 Å². The van der Waals surface area contributed by atoms with E-state index in [-0.39, 0.29) is 24.0 Å². The standard InChI is InChI=1S/C21H28ClN5O.HI/c1-23-21(25-12-5-6-15-28-18-8-3-2-4-9-18)26-17-11-14-27(16-17)20-19(22)10-7-13-24-20;/h2-4,7-10,13,17H,5-6,11-12,14-16H2,1H3,(H2,23,25,26);1H. The zero-order valence-corrected chi connectivity index (χ0v) is 19.8. The van der Waals surface area contributed by atoms with Crippen molar-refractivity contribution in [3.05, 3.63) is 53.7 Å². The molecule has 2 N–H and O–H groups in total. The van der Waals surface area contributed by atoms with Crippen molar-refractivity contribution in [3.63, 3.8) is 0 Å². The predicted molar refractivity (Wildman–Crippen MR) is 131 cm³/mol. The molecule has 0 radical (unpaired) electrons. The zero-order chi connectivity index (χ0) is 19.6. The lowest BCUT2D eigenvalue weighted by Crippen LogP contribution is -2.45. The van der Waals surface area contributed by atoms with Gasteiger partial charge < -0.3 is 20.3 Å². The average Bonchev–Trinajstić information content (AvgIpc) is 3.19. The molecule has 0 aliphatic carbocycles. The fraction of sp³-hybridized carbons (Fsp3) is 0.429. The van der Waals surface area contributed by atoms with Gasteiger partial charge in [0.1, 0.15) is 11.6 Å². The summed E-state index contributed by atoms with van der Waals surface area (Å²) in [6.07, 6.45) is 4.82. The topological polar surface area (TPSA) is 61.8 Å². The van der Waals surface area contributed by atoms with Crippen molar-refractivity contribution < 1.29 is 4.74 Å². The minimum absolute atomic E-state index is 0. The van der Waals surface area contributed by atoms with Crippen LogP contribution in [0.3, 0.4) is 0 Å². The van der Waals surface area contributed by atoms with Crippen LogP contribution in [-0.2, 0) is 0 Å². The number of anilines is 1. The van der Waals surface area contributed by atoms with Gasteiger partial charge in [0, 0.05) is 38.9 Å². The van der Waals surface area contributed by atoms with Crippen molar-refractivity contribution in [1.82, 2.24) is 15.6 Å². The second-order valence-corrected chi connectivity index (χ2v) is 7.16. The number of guanidine groups is 1. The molecular formula is C21H29ClIN5O. The number of ether oxygens (including phenoxy) is 1. The van der Waals surface area contributed by atoms with Crippen LogP contribution in [0.25, 0.3) is 0 Å². The molecule has 0 bridgehead atoms. The van der Waals surface area contributed by atoms with Crippen LogP contribution in [0.2, 0.25) is 5.02 Å². The second kappa shape index (κ2) is 12.7. The lowest BCUT2D eigenvalue weighted by molar-refractivity contribution is 0.307. The maximum Gasteiger partial charge on any atom is 0.191 e. The van der Waals surface area contributed by atoms with E-state index in [1.807, 2.05) is 42.5 Å². The van der Waals surface area contributed by atoms with E-state index >= 15 is 0 Å². The average molecular weight is 530 g/mol. The first-order valence-electron chi connectivity index (χ1n) is 9.77. The van der Waals surface area contributed by atoms with Crippen molar-refractivity contribution in [1.29, 1.82) is 0 Å². The predicted octanol–water partition coefficient (Wildman–Crippen LogP) is 3.96. The molecule has 1 fully saturated rings. The molecule has 2 aromatic rings. The lowest BCUT2D eigenvalue weighted by Gasteiger charge is -2.20. The van der Waals surface area contributed by atoms with E-state index in [1.165, 1.54) is 0 Å². The zero-order valence-electron chi connectivity index (χ0n) is 16.7. The number of hydrogen-bond acceptors (Lipinski definition) is 4. The van der Waals surface area contributed by atoms with E-state index in [0.717, 1.165) is 63.0 Å². The highest BCUT2D eigenvalue weighted by molar-refractivity contribution is 14.0. The normalized spacial score (nSPS) is 16.3. The molecule has 6 nitrogen and oxygen atoms in total. The molecule has 29 heavy (non-hydrogen) atoms. The molecular weight excluding hydrogens is 501 g/mol. The third kappa shape index (κ3) is 7.54. The Balaban J connectivity index is 0.00000300. The highest BCUT2D eigenvalue weighted by atomic mass is 127. The van der Waals surface area contributed by atoms with Crippen LogP contribution >= 0.6 is 35.6 Å². The van der Waals surface area contributed by atoms with Crippen LogP contribution in [0.15, 0.2) is 53.7 Å². The van der Waals surface area contributed by atoms with E-state index in [0.29, 0.717) is 11.1 Å². The quantitative estimate of drug-likeness (QED) is 0.235. The Morgan fingerprint density at radius 3 is 2.83 bits per heavy atom. The number of rotatable bonds is 8. The van der Waals surface area contributed by atoms with Crippen molar-refractivity contribution in [2.45, 2.75) is 25.3 Å². The highest BCUT2D eigenvalue weighted by Crippen LogP contribution is 2.25. The molecule has 1 atom stereocenters. The van der Waals surface area contributed by atoms with Gasteiger partial charge in [-0.1, -0.05) is 29.8 Å². The van der Waals surface area contributed by atoms with Gasteiger partial charge in [-0.15, -0.1) is 24.0 Å². The summed E-state index contributed by atoms with van der Waals surface area (Å²) in [5, 5.41) is 7.58. The minimum atomic E-state index is 0.